The van der Waals surface area contributed by atoms with Gasteiger partial charge in [0, 0.05) is 28.8 Å². The van der Waals surface area contributed by atoms with Crippen LogP contribution in [0.2, 0.25) is 0 Å². The third-order valence-electron chi connectivity index (χ3n) is 4.64. The first-order valence-corrected chi connectivity index (χ1v) is 10.3. The van der Waals surface area contributed by atoms with Gasteiger partial charge in [-0.15, -0.1) is 11.3 Å². The average molecular weight is 421 g/mol. The number of halogens is 1. The van der Waals surface area contributed by atoms with Crippen LogP contribution in [0.15, 0.2) is 66.0 Å². The summed E-state index contributed by atoms with van der Waals surface area (Å²) in [6.07, 6.45) is 0.918. The van der Waals surface area contributed by atoms with E-state index in [9.17, 15) is 9.18 Å². The second-order valence-corrected chi connectivity index (χ2v) is 7.55. The standard InChI is InChI=1S/C23H20FN3O2S/c1-29-21-11-7-16(24)13-18(21)20-14-30-23(26-20)27-22(28)12-9-17-8-10-19(25-17)15-5-3-2-4-6-15/h2-8,10-11,13-14,25H,9,12H2,1H3,(H,26,27,28). The second-order valence-electron chi connectivity index (χ2n) is 6.69. The van der Waals surface area contributed by atoms with E-state index < -0.39 is 0 Å². The SMILES string of the molecule is COc1ccc(F)cc1-c1csc(NC(=O)CCc2ccc(-c3ccccc3)[nH]2)n1. The van der Waals surface area contributed by atoms with Crippen molar-refractivity contribution in [1.29, 1.82) is 0 Å². The van der Waals surface area contributed by atoms with Crippen LogP contribution in [0.1, 0.15) is 12.1 Å². The van der Waals surface area contributed by atoms with Gasteiger partial charge < -0.3 is 15.0 Å². The van der Waals surface area contributed by atoms with Crippen LogP contribution in [0.25, 0.3) is 22.5 Å². The minimum atomic E-state index is -0.370. The highest BCUT2D eigenvalue weighted by Gasteiger charge is 2.13. The molecule has 0 unspecified atom stereocenters. The zero-order valence-corrected chi connectivity index (χ0v) is 17.1. The minimum Gasteiger partial charge on any atom is -0.496 e. The van der Waals surface area contributed by atoms with Crippen LogP contribution in [0.3, 0.4) is 0 Å². The second kappa shape index (κ2) is 8.92. The largest absolute Gasteiger partial charge is 0.496 e. The molecule has 0 aliphatic rings. The van der Waals surface area contributed by atoms with Gasteiger partial charge in [-0.25, -0.2) is 9.37 Å². The summed E-state index contributed by atoms with van der Waals surface area (Å²) in [5.74, 6) is 0.0312. The van der Waals surface area contributed by atoms with Crippen LogP contribution >= 0.6 is 11.3 Å². The maximum absolute atomic E-state index is 13.6. The van der Waals surface area contributed by atoms with E-state index in [0.717, 1.165) is 17.0 Å². The number of aryl methyl sites for hydroxylation is 1. The number of benzene rings is 2. The average Bonchev–Trinajstić information content (AvgIpc) is 3.43. The molecule has 30 heavy (non-hydrogen) atoms. The maximum Gasteiger partial charge on any atom is 0.226 e. The number of methoxy groups -OCH3 is 1. The molecule has 0 aliphatic heterocycles. The number of aromatic nitrogens is 2. The number of ether oxygens (including phenoxy) is 1. The van der Waals surface area contributed by atoms with Gasteiger partial charge in [0.25, 0.3) is 0 Å². The van der Waals surface area contributed by atoms with Gasteiger partial charge in [-0.1, -0.05) is 30.3 Å². The lowest BCUT2D eigenvalue weighted by Crippen LogP contribution is -2.12. The topological polar surface area (TPSA) is 67.0 Å². The highest BCUT2D eigenvalue weighted by Crippen LogP contribution is 2.32. The summed E-state index contributed by atoms with van der Waals surface area (Å²) in [4.78, 5) is 20.1. The minimum absolute atomic E-state index is 0.127. The van der Waals surface area contributed by atoms with Gasteiger partial charge >= 0.3 is 0 Å². The Hall–Kier alpha value is -3.45. The van der Waals surface area contributed by atoms with Crippen molar-refractivity contribution in [3.63, 3.8) is 0 Å². The van der Waals surface area contributed by atoms with E-state index in [2.05, 4.69) is 15.3 Å². The molecule has 2 N–H and O–H groups in total. The molecule has 2 heterocycles. The van der Waals surface area contributed by atoms with Crippen molar-refractivity contribution in [1.82, 2.24) is 9.97 Å². The van der Waals surface area contributed by atoms with Crippen LogP contribution in [0, 0.1) is 5.82 Å². The van der Waals surface area contributed by atoms with Crippen molar-refractivity contribution >= 4 is 22.4 Å². The Bertz CT molecular complexity index is 1150. The molecule has 0 bridgehead atoms. The van der Waals surface area contributed by atoms with Gasteiger partial charge in [-0.3, -0.25) is 4.79 Å². The number of hydrogen-bond donors (Lipinski definition) is 2. The van der Waals surface area contributed by atoms with Gasteiger partial charge in [0.2, 0.25) is 5.91 Å². The molecule has 4 rings (SSSR count). The van der Waals surface area contributed by atoms with Crippen LogP contribution in [0.4, 0.5) is 9.52 Å². The molecule has 4 aromatic rings. The number of nitrogens with zero attached hydrogens (tertiary/aromatic N) is 1. The van der Waals surface area contributed by atoms with Crippen molar-refractivity contribution < 1.29 is 13.9 Å². The molecule has 2 aromatic heterocycles. The zero-order chi connectivity index (χ0) is 20.9. The van der Waals surface area contributed by atoms with Crippen molar-refractivity contribution in [2.75, 3.05) is 12.4 Å². The monoisotopic (exact) mass is 421 g/mol. The molecule has 0 radical (unpaired) electrons. The number of hydrogen-bond acceptors (Lipinski definition) is 4. The number of anilines is 1. The number of nitrogens with one attached hydrogen (secondary N) is 2. The lowest BCUT2D eigenvalue weighted by atomic mass is 10.1. The molecule has 152 valence electrons. The third-order valence-corrected chi connectivity index (χ3v) is 5.40. The van der Waals surface area contributed by atoms with E-state index in [-0.39, 0.29) is 11.7 Å². The van der Waals surface area contributed by atoms with Crippen LogP contribution in [0.5, 0.6) is 5.75 Å². The number of carbonyl (C=O) groups excluding carboxylic acids is 1. The Kier molecular flexibility index (Phi) is 5.90. The number of thiazole rings is 1. The van der Waals surface area contributed by atoms with Crippen LogP contribution in [-0.2, 0) is 11.2 Å². The Morgan fingerprint density at radius 3 is 2.80 bits per heavy atom. The van der Waals surface area contributed by atoms with Crippen molar-refractivity contribution in [3.8, 4) is 28.3 Å². The zero-order valence-electron chi connectivity index (χ0n) is 16.3. The highest BCUT2D eigenvalue weighted by molar-refractivity contribution is 7.14. The lowest BCUT2D eigenvalue weighted by Gasteiger charge is -2.06. The fourth-order valence-electron chi connectivity index (χ4n) is 3.14. The first-order chi connectivity index (χ1) is 14.6. The highest BCUT2D eigenvalue weighted by atomic mass is 32.1. The fraction of sp³-hybridized carbons (Fsp3) is 0.130. The van der Waals surface area contributed by atoms with E-state index >= 15 is 0 Å². The normalized spacial score (nSPS) is 10.7. The van der Waals surface area contributed by atoms with Gasteiger partial charge in [0.05, 0.1) is 12.8 Å². The summed E-state index contributed by atoms with van der Waals surface area (Å²) in [6.45, 7) is 0. The van der Waals surface area contributed by atoms with Crippen molar-refractivity contribution in [2.24, 2.45) is 0 Å². The molecule has 2 aromatic carbocycles. The van der Waals surface area contributed by atoms with E-state index in [1.807, 2.05) is 42.5 Å². The van der Waals surface area contributed by atoms with E-state index in [0.29, 0.717) is 35.0 Å². The molecule has 5 nitrogen and oxygen atoms in total. The molecule has 0 atom stereocenters. The summed E-state index contributed by atoms with van der Waals surface area (Å²) >= 11 is 1.29. The Balaban J connectivity index is 1.37. The number of amides is 1. The molecular weight excluding hydrogens is 401 g/mol. The molecule has 0 aliphatic carbocycles. The van der Waals surface area contributed by atoms with E-state index in [1.54, 1.807) is 11.4 Å². The summed E-state index contributed by atoms with van der Waals surface area (Å²) in [6, 6.07) is 18.3. The summed E-state index contributed by atoms with van der Waals surface area (Å²) in [7, 11) is 1.52. The lowest BCUT2D eigenvalue weighted by molar-refractivity contribution is -0.116. The Labute approximate surface area is 177 Å². The summed E-state index contributed by atoms with van der Waals surface area (Å²) in [5.41, 5.74) is 4.24. The predicted molar refractivity (Wildman–Crippen MR) is 117 cm³/mol. The van der Waals surface area contributed by atoms with E-state index in [4.69, 9.17) is 4.74 Å². The number of carbonyl (C=O) groups is 1. The Morgan fingerprint density at radius 2 is 2.00 bits per heavy atom. The molecule has 0 saturated carbocycles. The molecule has 0 fully saturated rings. The molecule has 0 saturated heterocycles. The summed E-state index contributed by atoms with van der Waals surface area (Å²) in [5, 5.41) is 5.05. The smallest absolute Gasteiger partial charge is 0.226 e. The van der Waals surface area contributed by atoms with Crippen molar-refractivity contribution in [3.05, 3.63) is 77.6 Å². The maximum atomic E-state index is 13.6. The molecule has 7 heteroatoms. The van der Waals surface area contributed by atoms with Gasteiger partial charge in [0.1, 0.15) is 11.6 Å². The quantitative estimate of drug-likeness (QED) is 0.413. The van der Waals surface area contributed by atoms with Crippen LogP contribution in [-0.4, -0.2) is 23.0 Å². The number of rotatable bonds is 7. The molecular formula is C23H20FN3O2S. The fourth-order valence-corrected chi connectivity index (χ4v) is 3.86. The molecule has 1 amide bonds. The predicted octanol–water partition coefficient (Wildman–Crippen LogP) is 5.52. The third kappa shape index (κ3) is 4.58. The van der Waals surface area contributed by atoms with Crippen molar-refractivity contribution in [2.45, 2.75) is 12.8 Å². The van der Waals surface area contributed by atoms with Crippen LogP contribution < -0.4 is 10.1 Å². The molecule has 0 spiro atoms. The first kappa shape index (κ1) is 19.8. The summed E-state index contributed by atoms with van der Waals surface area (Å²) < 4.78 is 18.9. The number of aromatic amines is 1. The number of H-pyrrole nitrogens is 1. The van der Waals surface area contributed by atoms with Gasteiger partial charge in [0.15, 0.2) is 5.13 Å². The Morgan fingerprint density at radius 1 is 1.17 bits per heavy atom. The van der Waals surface area contributed by atoms with E-state index in [1.165, 1.54) is 30.6 Å². The first-order valence-electron chi connectivity index (χ1n) is 9.45. The van der Waals surface area contributed by atoms with Gasteiger partial charge in [-0.2, -0.15) is 0 Å². The van der Waals surface area contributed by atoms with Gasteiger partial charge in [-0.05, 0) is 42.3 Å².